The second kappa shape index (κ2) is 2.87. The topological polar surface area (TPSA) is 3.88 Å². The van der Waals surface area contributed by atoms with E-state index in [-0.39, 0.29) is 0 Å². The molecule has 0 aromatic carbocycles. The van der Waals surface area contributed by atoms with E-state index in [1.807, 2.05) is 0 Å². The van der Waals surface area contributed by atoms with Gasteiger partial charge in [0, 0.05) is 24.6 Å². The van der Waals surface area contributed by atoms with Crippen LogP contribution in [0.1, 0.15) is 18.5 Å². The summed E-state index contributed by atoms with van der Waals surface area (Å²) in [5.41, 5.74) is 1.32. The first-order valence-corrected chi connectivity index (χ1v) is 4.12. The van der Waals surface area contributed by atoms with Gasteiger partial charge in [0.1, 0.15) is 6.54 Å². The maximum Gasteiger partial charge on any atom is 0.204 e. The molecule has 2 heterocycles. The van der Waals surface area contributed by atoms with Crippen molar-refractivity contribution in [3.63, 3.8) is 0 Å². The fraction of sp³-hybridized carbons (Fsp3) is 0.300. The molecule has 0 saturated carbocycles. The third-order valence-electron chi connectivity index (χ3n) is 2.03. The van der Waals surface area contributed by atoms with Crippen molar-refractivity contribution in [2.45, 2.75) is 19.4 Å². The standard InChI is InChI=1S/C10H12N/c1-2-6-10-7-3-5-9-11(10)8-4-1/h2-3,5-7,9H,1,4,8H2/q+1. The predicted octanol–water partition coefficient (Wildman–Crippen LogP) is 1.78. The molecule has 0 unspecified atom stereocenters. The Labute approximate surface area is 67.0 Å². The molecule has 0 N–H and O–H groups in total. The highest BCUT2D eigenvalue weighted by atomic mass is 14.9. The Balaban J connectivity index is 2.45. The number of pyridine rings is 1. The number of aromatic nitrogens is 1. The lowest BCUT2D eigenvalue weighted by atomic mass is 10.3. The Morgan fingerprint density at radius 1 is 1.27 bits per heavy atom. The van der Waals surface area contributed by atoms with Crippen LogP contribution in [0.5, 0.6) is 0 Å². The number of hydrogen-bond donors (Lipinski definition) is 0. The molecular formula is C10H12N+. The average molecular weight is 146 g/mol. The molecule has 0 atom stereocenters. The van der Waals surface area contributed by atoms with Crippen LogP contribution < -0.4 is 4.57 Å². The minimum absolute atomic E-state index is 1.16. The zero-order chi connectivity index (χ0) is 7.52. The molecule has 56 valence electrons. The Hall–Kier alpha value is -1.11. The number of fused-ring (bicyclic) bond motifs is 1. The summed E-state index contributed by atoms with van der Waals surface area (Å²) in [7, 11) is 0. The molecule has 0 saturated heterocycles. The summed E-state index contributed by atoms with van der Waals surface area (Å²) in [6.45, 7) is 1.16. The summed E-state index contributed by atoms with van der Waals surface area (Å²) < 4.78 is 2.30. The van der Waals surface area contributed by atoms with E-state index in [0.29, 0.717) is 0 Å². The number of nitrogens with zero attached hydrogens (tertiary/aromatic N) is 1. The monoisotopic (exact) mass is 146 g/mol. The Kier molecular flexibility index (Phi) is 1.72. The summed E-state index contributed by atoms with van der Waals surface area (Å²) in [5.74, 6) is 0. The van der Waals surface area contributed by atoms with Crippen LogP contribution in [0.15, 0.2) is 30.5 Å². The van der Waals surface area contributed by atoms with Crippen LogP contribution in [0.25, 0.3) is 6.08 Å². The van der Waals surface area contributed by atoms with Crippen LogP contribution in [0.3, 0.4) is 0 Å². The molecule has 0 amide bonds. The largest absolute Gasteiger partial charge is 0.204 e. The van der Waals surface area contributed by atoms with Crippen molar-refractivity contribution < 1.29 is 4.57 Å². The summed E-state index contributed by atoms with van der Waals surface area (Å²) in [5, 5.41) is 0. The first kappa shape index (κ1) is 6.59. The van der Waals surface area contributed by atoms with E-state index in [1.54, 1.807) is 0 Å². The SMILES string of the molecule is C1=Cc2cccc[n+]2CCC1. The zero-order valence-corrected chi connectivity index (χ0v) is 6.53. The van der Waals surface area contributed by atoms with Gasteiger partial charge in [-0.15, -0.1) is 0 Å². The van der Waals surface area contributed by atoms with Crippen molar-refractivity contribution in [2.75, 3.05) is 0 Å². The van der Waals surface area contributed by atoms with E-state index < -0.39 is 0 Å². The van der Waals surface area contributed by atoms with Crippen molar-refractivity contribution in [1.29, 1.82) is 0 Å². The van der Waals surface area contributed by atoms with Gasteiger partial charge >= 0.3 is 0 Å². The number of aryl methyl sites for hydroxylation is 1. The zero-order valence-electron chi connectivity index (χ0n) is 6.53. The third-order valence-corrected chi connectivity index (χ3v) is 2.03. The quantitative estimate of drug-likeness (QED) is 0.491. The minimum atomic E-state index is 1.16. The highest BCUT2D eigenvalue weighted by Crippen LogP contribution is 2.03. The molecule has 1 heteroatoms. The Bertz CT molecular complexity index is 276. The van der Waals surface area contributed by atoms with Crippen LogP contribution >= 0.6 is 0 Å². The predicted molar refractivity (Wildman–Crippen MR) is 44.9 cm³/mol. The fourth-order valence-electron chi connectivity index (χ4n) is 1.43. The molecule has 0 spiro atoms. The van der Waals surface area contributed by atoms with Gasteiger partial charge in [-0.1, -0.05) is 6.08 Å². The van der Waals surface area contributed by atoms with E-state index in [0.717, 1.165) is 6.54 Å². The molecule has 1 aromatic heterocycles. The van der Waals surface area contributed by atoms with Crippen LogP contribution in [0.4, 0.5) is 0 Å². The van der Waals surface area contributed by atoms with Crippen LogP contribution in [0.2, 0.25) is 0 Å². The lowest BCUT2D eigenvalue weighted by Crippen LogP contribution is -2.35. The molecule has 1 aliphatic rings. The molecule has 1 aromatic rings. The van der Waals surface area contributed by atoms with Gasteiger partial charge in [-0.2, -0.15) is 4.57 Å². The van der Waals surface area contributed by atoms with E-state index in [4.69, 9.17) is 0 Å². The van der Waals surface area contributed by atoms with Crippen molar-refractivity contribution in [2.24, 2.45) is 0 Å². The van der Waals surface area contributed by atoms with Crippen LogP contribution in [0, 0.1) is 0 Å². The highest BCUT2D eigenvalue weighted by molar-refractivity contribution is 5.40. The molecule has 0 aliphatic carbocycles. The lowest BCUT2D eigenvalue weighted by Gasteiger charge is -1.94. The summed E-state index contributed by atoms with van der Waals surface area (Å²) in [6.07, 6.45) is 9.07. The number of allylic oxidation sites excluding steroid dienone is 1. The van der Waals surface area contributed by atoms with Gasteiger partial charge in [0.2, 0.25) is 5.69 Å². The third kappa shape index (κ3) is 1.32. The van der Waals surface area contributed by atoms with Gasteiger partial charge in [-0.3, -0.25) is 0 Å². The molecule has 0 fully saturated rings. The van der Waals surface area contributed by atoms with E-state index in [2.05, 4.69) is 41.1 Å². The second-order valence-corrected chi connectivity index (χ2v) is 2.86. The first-order chi connectivity index (χ1) is 5.47. The van der Waals surface area contributed by atoms with Gasteiger partial charge in [-0.05, 0) is 12.5 Å². The Morgan fingerprint density at radius 3 is 3.27 bits per heavy atom. The van der Waals surface area contributed by atoms with Gasteiger partial charge in [0.15, 0.2) is 6.20 Å². The van der Waals surface area contributed by atoms with Crippen molar-refractivity contribution in [1.82, 2.24) is 0 Å². The van der Waals surface area contributed by atoms with E-state index in [1.165, 1.54) is 18.5 Å². The van der Waals surface area contributed by atoms with Gasteiger partial charge in [0.25, 0.3) is 0 Å². The van der Waals surface area contributed by atoms with E-state index in [9.17, 15) is 0 Å². The lowest BCUT2D eigenvalue weighted by molar-refractivity contribution is -0.698. The molecular weight excluding hydrogens is 134 g/mol. The molecule has 2 rings (SSSR count). The maximum atomic E-state index is 2.30. The van der Waals surface area contributed by atoms with Gasteiger partial charge < -0.3 is 0 Å². The smallest absolute Gasteiger partial charge is 0.199 e. The minimum Gasteiger partial charge on any atom is -0.199 e. The molecule has 0 bridgehead atoms. The fourth-order valence-corrected chi connectivity index (χ4v) is 1.43. The summed E-state index contributed by atoms with van der Waals surface area (Å²) in [4.78, 5) is 0. The van der Waals surface area contributed by atoms with Crippen LogP contribution in [-0.4, -0.2) is 0 Å². The summed E-state index contributed by atoms with van der Waals surface area (Å²) >= 11 is 0. The summed E-state index contributed by atoms with van der Waals surface area (Å²) in [6, 6.07) is 6.33. The first-order valence-electron chi connectivity index (χ1n) is 4.12. The van der Waals surface area contributed by atoms with Gasteiger partial charge in [0.05, 0.1) is 0 Å². The number of hydrogen-bond acceptors (Lipinski definition) is 0. The normalized spacial score (nSPS) is 15.6. The average Bonchev–Trinajstić information content (AvgIpc) is 2.28. The molecule has 1 nitrogen and oxygen atoms in total. The van der Waals surface area contributed by atoms with Crippen molar-refractivity contribution >= 4 is 6.08 Å². The molecule has 0 radical (unpaired) electrons. The van der Waals surface area contributed by atoms with Crippen LogP contribution in [-0.2, 0) is 6.54 Å². The molecule has 11 heavy (non-hydrogen) atoms. The van der Waals surface area contributed by atoms with Crippen molar-refractivity contribution in [3.05, 3.63) is 36.2 Å². The molecule has 1 aliphatic heterocycles. The second-order valence-electron chi connectivity index (χ2n) is 2.86. The number of rotatable bonds is 0. The van der Waals surface area contributed by atoms with E-state index >= 15 is 0 Å². The Morgan fingerprint density at radius 2 is 2.27 bits per heavy atom. The highest BCUT2D eigenvalue weighted by Gasteiger charge is 2.07. The van der Waals surface area contributed by atoms with Gasteiger partial charge in [-0.25, -0.2) is 0 Å². The maximum absolute atomic E-state index is 2.30. The van der Waals surface area contributed by atoms with Crippen molar-refractivity contribution in [3.8, 4) is 0 Å².